The maximum atomic E-state index is 12.8. The first-order valence-corrected chi connectivity index (χ1v) is 9.58. The molecule has 0 fully saturated rings. The van der Waals surface area contributed by atoms with E-state index in [1.165, 1.54) is 11.3 Å². The van der Waals surface area contributed by atoms with Crippen molar-refractivity contribution in [3.63, 3.8) is 0 Å². The summed E-state index contributed by atoms with van der Waals surface area (Å²) in [6.45, 7) is 9.40. The quantitative estimate of drug-likeness (QED) is 0.645. The fourth-order valence-electron chi connectivity index (χ4n) is 3.20. The molecule has 0 atom stereocenters. The molecule has 2 heterocycles. The van der Waals surface area contributed by atoms with Gasteiger partial charge in [0.2, 0.25) is 0 Å². The van der Waals surface area contributed by atoms with E-state index in [-0.39, 0.29) is 5.91 Å². The van der Waals surface area contributed by atoms with Gasteiger partial charge >= 0.3 is 0 Å². The van der Waals surface area contributed by atoms with Gasteiger partial charge in [0, 0.05) is 24.2 Å². The van der Waals surface area contributed by atoms with Gasteiger partial charge in [0.15, 0.2) is 16.3 Å². The van der Waals surface area contributed by atoms with Crippen molar-refractivity contribution in [1.29, 1.82) is 0 Å². The first-order valence-electron chi connectivity index (χ1n) is 8.77. The Balaban J connectivity index is 1.86. The maximum absolute atomic E-state index is 12.8. The molecule has 0 unspecified atom stereocenters. The minimum atomic E-state index is -0.242. The smallest absolute Gasteiger partial charge is 0.279 e. The number of carbonyl (C=O) groups excluding carboxylic acids is 1. The van der Waals surface area contributed by atoms with E-state index in [0.29, 0.717) is 30.1 Å². The number of benzene rings is 2. The van der Waals surface area contributed by atoms with E-state index in [4.69, 9.17) is 9.47 Å². The van der Waals surface area contributed by atoms with Crippen molar-refractivity contribution in [2.75, 3.05) is 13.2 Å². The highest BCUT2D eigenvalue weighted by molar-refractivity contribution is 7.16. The summed E-state index contributed by atoms with van der Waals surface area (Å²) < 4.78 is 14.3. The number of carbonyl (C=O) groups is 1. The number of thiazole rings is 1. The average molecular weight is 380 g/mol. The first kappa shape index (κ1) is 17.5. The van der Waals surface area contributed by atoms with Crippen LogP contribution in [0.25, 0.3) is 10.2 Å². The van der Waals surface area contributed by atoms with E-state index >= 15 is 0 Å². The molecule has 4 rings (SSSR count). The van der Waals surface area contributed by atoms with E-state index < -0.39 is 0 Å². The van der Waals surface area contributed by atoms with Gasteiger partial charge in [-0.05, 0) is 25.5 Å². The monoisotopic (exact) mass is 380 g/mol. The molecular formula is C21H20N2O3S. The Morgan fingerprint density at radius 2 is 1.96 bits per heavy atom. The minimum Gasteiger partial charge on any atom is -0.486 e. The molecule has 3 aromatic rings. The van der Waals surface area contributed by atoms with Crippen molar-refractivity contribution in [1.82, 2.24) is 4.57 Å². The Bertz CT molecular complexity index is 1120. The van der Waals surface area contributed by atoms with Gasteiger partial charge in [0.25, 0.3) is 5.91 Å². The van der Waals surface area contributed by atoms with E-state index in [1.54, 1.807) is 6.08 Å². The van der Waals surface area contributed by atoms with Gasteiger partial charge in [-0.3, -0.25) is 4.79 Å². The van der Waals surface area contributed by atoms with Crippen molar-refractivity contribution in [2.24, 2.45) is 4.99 Å². The summed E-state index contributed by atoms with van der Waals surface area (Å²) >= 11 is 1.46. The maximum Gasteiger partial charge on any atom is 0.279 e. The van der Waals surface area contributed by atoms with E-state index in [0.717, 1.165) is 32.8 Å². The molecule has 1 amide bonds. The standard InChI is InChI=1S/C21H20N2O3S/c1-4-7-23-16-11-17-18(26-9-8-25-17)12-19(16)27-21(23)22-20(24)15-6-5-13(2)10-14(15)3/h4-6,10-12H,1,7-9H2,2-3H3. The van der Waals surface area contributed by atoms with Crippen LogP contribution in [0.2, 0.25) is 0 Å². The number of aromatic nitrogens is 1. The largest absolute Gasteiger partial charge is 0.486 e. The Hall–Kier alpha value is -2.86. The van der Waals surface area contributed by atoms with Gasteiger partial charge in [0.05, 0.1) is 10.2 Å². The Kier molecular flexibility index (Phi) is 4.58. The number of ether oxygens (including phenoxy) is 2. The van der Waals surface area contributed by atoms with Crippen LogP contribution in [0.4, 0.5) is 0 Å². The van der Waals surface area contributed by atoms with Crippen molar-refractivity contribution < 1.29 is 14.3 Å². The summed E-state index contributed by atoms with van der Waals surface area (Å²) in [7, 11) is 0. The molecule has 0 bridgehead atoms. The van der Waals surface area contributed by atoms with Crippen LogP contribution in [0.3, 0.4) is 0 Å². The van der Waals surface area contributed by atoms with Crippen LogP contribution in [0, 0.1) is 13.8 Å². The summed E-state index contributed by atoms with van der Waals surface area (Å²) in [5.74, 6) is 1.21. The Labute approximate surface area is 161 Å². The van der Waals surface area contributed by atoms with Crippen LogP contribution >= 0.6 is 11.3 Å². The molecule has 1 aromatic heterocycles. The zero-order chi connectivity index (χ0) is 19.0. The molecule has 2 aromatic carbocycles. The number of amides is 1. The molecule has 0 radical (unpaired) electrons. The van der Waals surface area contributed by atoms with E-state index in [1.807, 2.05) is 48.7 Å². The molecule has 0 aliphatic carbocycles. The van der Waals surface area contributed by atoms with E-state index in [9.17, 15) is 4.79 Å². The van der Waals surface area contributed by atoms with Crippen LogP contribution < -0.4 is 14.3 Å². The second-order valence-corrected chi connectivity index (χ2v) is 7.49. The molecule has 27 heavy (non-hydrogen) atoms. The highest BCUT2D eigenvalue weighted by Crippen LogP contribution is 2.35. The average Bonchev–Trinajstić information content (AvgIpc) is 2.96. The van der Waals surface area contributed by atoms with Crippen LogP contribution in [0.5, 0.6) is 11.5 Å². The molecule has 0 saturated heterocycles. The van der Waals surface area contributed by atoms with Crippen LogP contribution in [-0.2, 0) is 6.54 Å². The van der Waals surface area contributed by atoms with Crippen molar-refractivity contribution in [3.8, 4) is 11.5 Å². The van der Waals surface area contributed by atoms with Gasteiger partial charge < -0.3 is 14.0 Å². The molecule has 1 aliphatic heterocycles. The van der Waals surface area contributed by atoms with Crippen LogP contribution in [0.15, 0.2) is 48.0 Å². The Morgan fingerprint density at radius 3 is 2.67 bits per heavy atom. The Morgan fingerprint density at radius 1 is 1.22 bits per heavy atom. The molecule has 138 valence electrons. The molecule has 0 saturated carbocycles. The normalized spacial score (nSPS) is 13.8. The highest BCUT2D eigenvalue weighted by Gasteiger charge is 2.17. The number of rotatable bonds is 3. The molecule has 6 heteroatoms. The van der Waals surface area contributed by atoms with Gasteiger partial charge in [-0.25, -0.2) is 0 Å². The summed E-state index contributed by atoms with van der Waals surface area (Å²) in [4.78, 5) is 17.8. The second kappa shape index (κ2) is 7.04. The van der Waals surface area contributed by atoms with Crippen LogP contribution in [0.1, 0.15) is 21.5 Å². The zero-order valence-electron chi connectivity index (χ0n) is 15.3. The third kappa shape index (κ3) is 3.28. The second-order valence-electron chi connectivity index (χ2n) is 6.48. The summed E-state index contributed by atoms with van der Waals surface area (Å²) in [6.07, 6.45) is 1.80. The first-order chi connectivity index (χ1) is 13.1. The van der Waals surface area contributed by atoms with Gasteiger partial charge in [-0.1, -0.05) is 35.1 Å². The number of hydrogen-bond acceptors (Lipinski definition) is 4. The van der Waals surface area contributed by atoms with Gasteiger partial charge in [0.1, 0.15) is 13.2 Å². The molecule has 5 nitrogen and oxygen atoms in total. The molecule has 0 spiro atoms. The lowest BCUT2D eigenvalue weighted by atomic mass is 10.1. The van der Waals surface area contributed by atoms with Gasteiger partial charge in [-0.2, -0.15) is 4.99 Å². The van der Waals surface area contributed by atoms with Crippen molar-refractivity contribution in [2.45, 2.75) is 20.4 Å². The van der Waals surface area contributed by atoms with Gasteiger partial charge in [-0.15, -0.1) is 6.58 Å². The van der Waals surface area contributed by atoms with Crippen molar-refractivity contribution in [3.05, 3.63) is 64.5 Å². The lowest BCUT2D eigenvalue weighted by Gasteiger charge is -2.18. The number of aryl methyl sites for hydroxylation is 2. The molecular weight excluding hydrogens is 360 g/mol. The molecule has 1 aliphatic rings. The predicted molar refractivity (Wildman–Crippen MR) is 107 cm³/mol. The summed E-state index contributed by atoms with van der Waals surface area (Å²) in [5, 5.41) is 0. The minimum absolute atomic E-state index is 0.242. The summed E-state index contributed by atoms with van der Waals surface area (Å²) in [6, 6.07) is 9.66. The number of fused-ring (bicyclic) bond motifs is 2. The zero-order valence-corrected chi connectivity index (χ0v) is 16.1. The topological polar surface area (TPSA) is 52.8 Å². The fourth-order valence-corrected chi connectivity index (χ4v) is 4.25. The third-order valence-electron chi connectivity index (χ3n) is 4.47. The lowest BCUT2D eigenvalue weighted by molar-refractivity contribution is 0.0997. The third-order valence-corrected chi connectivity index (χ3v) is 5.51. The number of allylic oxidation sites excluding steroid dienone is 1. The SMILES string of the molecule is C=CCn1c(=NC(=O)c2ccc(C)cc2C)sc2cc3c(cc21)OCCO3. The predicted octanol–water partition coefficient (Wildman–Crippen LogP) is 4.02. The van der Waals surface area contributed by atoms with Crippen molar-refractivity contribution >= 4 is 27.5 Å². The number of nitrogens with zero attached hydrogens (tertiary/aromatic N) is 2. The van der Waals surface area contributed by atoms with Crippen LogP contribution in [-0.4, -0.2) is 23.7 Å². The number of hydrogen-bond donors (Lipinski definition) is 0. The lowest BCUT2D eigenvalue weighted by Crippen LogP contribution is -2.17. The fraction of sp³-hybridized carbons (Fsp3) is 0.238. The molecule has 0 N–H and O–H groups in total. The van der Waals surface area contributed by atoms with E-state index in [2.05, 4.69) is 11.6 Å². The highest BCUT2D eigenvalue weighted by atomic mass is 32.1. The summed E-state index contributed by atoms with van der Waals surface area (Å²) in [5.41, 5.74) is 3.63.